The molecule has 3 fully saturated rings. The van der Waals surface area contributed by atoms with Gasteiger partial charge in [0.15, 0.2) is 0 Å². The van der Waals surface area contributed by atoms with Gasteiger partial charge in [-0.2, -0.15) is 0 Å². The van der Waals surface area contributed by atoms with Crippen molar-refractivity contribution in [1.29, 1.82) is 0 Å². The molecule has 0 radical (unpaired) electrons. The Morgan fingerprint density at radius 1 is 0.727 bits per heavy atom. The highest BCUT2D eigenvalue weighted by Gasteiger charge is 2.59. The number of ether oxygens (including phenoxy) is 1. The van der Waals surface area contributed by atoms with Gasteiger partial charge in [0.25, 0.3) is 0 Å². The predicted octanol–water partition coefficient (Wildman–Crippen LogP) is 17.0. The molecule has 55 heavy (non-hydrogen) atoms. The molecule has 0 bridgehead atoms. The third-order valence-corrected chi connectivity index (χ3v) is 16.7. The zero-order valence-corrected chi connectivity index (χ0v) is 38.1. The number of esters is 1. The highest BCUT2D eigenvalue weighted by Crippen LogP contribution is 2.67. The van der Waals surface area contributed by atoms with Crippen molar-refractivity contribution in [1.82, 2.24) is 0 Å². The summed E-state index contributed by atoms with van der Waals surface area (Å²) in [6.45, 7) is 17.5. The fourth-order valence-electron chi connectivity index (χ4n) is 13.0. The standard InChI is InChI=1S/C53H94O2/c1-8-10-11-12-13-14-15-16-17-18-19-20-21-22-23-24-25-26-27-28-29-30-51(54)55-46-37-39-52(6)45(41-46)33-34-47-49-36-35-48(53(49,7)40-38-50(47)52)43(5)31-32-44(9-2)42(3)4/h16-17,33,42-44,46-50H,8-15,18-32,34-41H2,1-7H3/b17-16+. The van der Waals surface area contributed by atoms with Gasteiger partial charge in [-0.25, -0.2) is 0 Å². The number of carbonyl (C=O) groups excluding carboxylic acids is 1. The van der Waals surface area contributed by atoms with E-state index >= 15 is 0 Å². The lowest BCUT2D eigenvalue weighted by Crippen LogP contribution is -2.51. The van der Waals surface area contributed by atoms with Gasteiger partial charge in [-0.1, -0.05) is 175 Å². The molecular formula is C53H94O2. The smallest absolute Gasteiger partial charge is 0.306 e. The summed E-state index contributed by atoms with van der Waals surface area (Å²) in [7, 11) is 0. The molecule has 0 aromatic heterocycles. The molecule has 4 aliphatic rings. The van der Waals surface area contributed by atoms with Gasteiger partial charge in [0.2, 0.25) is 0 Å². The lowest BCUT2D eigenvalue weighted by atomic mass is 9.47. The molecule has 0 heterocycles. The summed E-state index contributed by atoms with van der Waals surface area (Å²) in [5.41, 5.74) is 2.51. The van der Waals surface area contributed by atoms with Crippen LogP contribution in [0.3, 0.4) is 0 Å². The summed E-state index contributed by atoms with van der Waals surface area (Å²) in [5.74, 6) is 6.16. The van der Waals surface area contributed by atoms with Crippen LogP contribution in [0, 0.1) is 52.3 Å². The molecule has 9 unspecified atom stereocenters. The first-order chi connectivity index (χ1) is 26.6. The molecule has 3 saturated carbocycles. The van der Waals surface area contributed by atoms with Crippen molar-refractivity contribution < 1.29 is 9.53 Å². The number of carbonyl (C=O) groups is 1. The Balaban J connectivity index is 1.03. The minimum atomic E-state index is 0.0642. The fraction of sp³-hybridized carbons (Fsp3) is 0.906. The summed E-state index contributed by atoms with van der Waals surface area (Å²) >= 11 is 0. The van der Waals surface area contributed by atoms with Crippen molar-refractivity contribution in [3.05, 3.63) is 23.8 Å². The number of rotatable bonds is 28. The molecule has 0 aromatic rings. The van der Waals surface area contributed by atoms with Crippen molar-refractivity contribution in [2.75, 3.05) is 0 Å². The van der Waals surface area contributed by atoms with E-state index in [2.05, 4.69) is 66.7 Å². The van der Waals surface area contributed by atoms with Gasteiger partial charge in [0.05, 0.1) is 0 Å². The summed E-state index contributed by atoms with van der Waals surface area (Å²) in [6.07, 6.45) is 48.2. The molecular weight excluding hydrogens is 669 g/mol. The van der Waals surface area contributed by atoms with Gasteiger partial charge < -0.3 is 4.74 Å². The van der Waals surface area contributed by atoms with Crippen molar-refractivity contribution >= 4 is 5.97 Å². The highest BCUT2D eigenvalue weighted by atomic mass is 16.5. The van der Waals surface area contributed by atoms with Crippen LogP contribution >= 0.6 is 0 Å². The van der Waals surface area contributed by atoms with Crippen LogP contribution in [0.15, 0.2) is 23.8 Å². The largest absolute Gasteiger partial charge is 0.462 e. The van der Waals surface area contributed by atoms with Crippen LogP contribution < -0.4 is 0 Å². The monoisotopic (exact) mass is 763 g/mol. The Morgan fingerprint density at radius 3 is 1.93 bits per heavy atom. The summed E-state index contributed by atoms with van der Waals surface area (Å²) in [5, 5.41) is 0. The molecule has 318 valence electrons. The van der Waals surface area contributed by atoms with E-state index in [4.69, 9.17) is 4.74 Å². The second-order valence-electron chi connectivity index (χ2n) is 20.8. The second kappa shape index (κ2) is 24.8. The van der Waals surface area contributed by atoms with E-state index in [9.17, 15) is 4.79 Å². The maximum absolute atomic E-state index is 12.9. The van der Waals surface area contributed by atoms with Crippen LogP contribution in [0.5, 0.6) is 0 Å². The van der Waals surface area contributed by atoms with Crippen molar-refractivity contribution in [3.63, 3.8) is 0 Å². The second-order valence-corrected chi connectivity index (χ2v) is 20.8. The number of hydrogen-bond donors (Lipinski definition) is 0. The SMILES string of the molecule is CCCCCCCC/C=C/CCCCCCCCCCCCCC(=O)OC1CCC2(C)C(=CCC3C2CCC2(C)C(C(C)CCC(CC)C(C)C)CCC32)C1. The Morgan fingerprint density at radius 2 is 1.33 bits per heavy atom. The van der Waals surface area contributed by atoms with Crippen LogP contribution in [0.4, 0.5) is 0 Å². The van der Waals surface area contributed by atoms with E-state index in [1.54, 1.807) is 5.57 Å². The molecule has 2 heteroatoms. The average molecular weight is 763 g/mol. The van der Waals surface area contributed by atoms with E-state index < -0.39 is 0 Å². The maximum atomic E-state index is 12.9. The number of fused-ring (bicyclic) bond motifs is 5. The first kappa shape index (κ1) is 46.6. The van der Waals surface area contributed by atoms with Gasteiger partial charge in [0, 0.05) is 12.8 Å². The number of hydrogen-bond acceptors (Lipinski definition) is 2. The zero-order valence-electron chi connectivity index (χ0n) is 38.1. The van der Waals surface area contributed by atoms with E-state index in [-0.39, 0.29) is 12.1 Å². The first-order valence-electron chi connectivity index (χ1n) is 25.2. The minimum Gasteiger partial charge on any atom is -0.462 e. The molecule has 2 nitrogen and oxygen atoms in total. The van der Waals surface area contributed by atoms with Crippen LogP contribution in [0.2, 0.25) is 0 Å². The Hall–Kier alpha value is -1.05. The minimum absolute atomic E-state index is 0.0642. The van der Waals surface area contributed by atoms with Gasteiger partial charge >= 0.3 is 5.97 Å². The summed E-state index contributed by atoms with van der Waals surface area (Å²) in [4.78, 5) is 12.9. The van der Waals surface area contributed by atoms with Gasteiger partial charge in [-0.05, 0) is 136 Å². The van der Waals surface area contributed by atoms with Gasteiger partial charge in [-0.3, -0.25) is 4.79 Å². The Kier molecular flexibility index (Phi) is 21.0. The van der Waals surface area contributed by atoms with E-state index in [0.717, 1.165) is 60.7 Å². The van der Waals surface area contributed by atoms with Crippen molar-refractivity contribution in [2.24, 2.45) is 52.3 Å². The summed E-state index contributed by atoms with van der Waals surface area (Å²) < 4.78 is 6.17. The lowest BCUT2D eigenvalue weighted by Gasteiger charge is -2.58. The van der Waals surface area contributed by atoms with Crippen LogP contribution in [0.25, 0.3) is 0 Å². The molecule has 0 N–H and O–H groups in total. The van der Waals surface area contributed by atoms with Crippen LogP contribution in [-0.2, 0) is 9.53 Å². The zero-order chi connectivity index (χ0) is 39.5. The fourth-order valence-corrected chi connectivity index (χ4v) is 13.0. The molecule has 4 rings (SSSR count). The van der Waals surface area contributed by atoms with Crippen LogP contribution in [0.1, 0.15) is 248 Å². The topological polar surface area (TPSA) is 26.3 Å². The third-order valence-electron chi connectivity index (χ3n) is 16.7. The average Bonchev–Trinajstić information content (AvgIpc) is 3.53. The third kappa shape index (κ3) is 14.0. The normalized spacial score (nSPS) is 30.2. The van der Waals surface area contributed by atoms with Crippen LogP contribution in [-0.4, -0.2) is 12.1 Å². The Labute approximate surface area is 344 Å². The van der Waals surface area contributed by atoms with Gasteiger partial charge in [-0.15, -0.1) is 0 Å². The van der Waals surface area contributed by atoms with Gasteiger partial charge in [0.1, 0.15) is 6.10 Å². The summed E-state index contributed by atoms with van der Waals surface area (Å²) in [6, 6.07) is 0. The van der Waals surface area contributed by atoms with E-state index in [0.29, 0.717) is 17.3 Å². The van der Waals surface area contributed by atoms with Crippen molar-refractivity contribution in [3.8, 4) is 0 Å². The quantitative estimate of drug-likeness (QED) is 0.0451. The molecule has 0 aromatic carbocycles. The molecule has 0 spiro atoms. The van der Waals surface area contributed by atoms with E-state index in [1.165, 1.54) is 173 Å². The molecule has 9 atom stereocenters. The van der Waals surface area contributed by atoms with E-state index in [1.807, 2.05) is 0 Å². The molecule has 0 aliphatic heterocycles. The van der Waals surface area contributed by atoms with Crippen molar-refractivity contribution in [2.45, 2.75) is 254 Å². The first-order valence-corrected chi connectivity index (χ1v) is 25.2. The predicted molar refractivity (Wildman–Crippen MR) is 239 cm³/mol. The number of allylic oxidation sites excluding steroid dienone is 3. The molecule has 4 aliphatic carbocycles. The highest BCUT2D eigenvalue weighted by molar-refractivity contribution is 5.69. The number of unbranched alkanes of at least 4 members (excludes halogenated alkanes) is 17. The lowest BCUT2D eigenvalue weighted by molar-refractivity contribution is -0.151. The molecule has 0 saturated heterocycles. The molecule has 0 amide bonds. The Bertz CT molecular complexity index is 1120. The maximum Gasteiger partial charge on any atom is 0.306 e.